The molecule has 1 saturated heterocycles. The Morgan fingerprint density at radius 2 is 1.77 bits per heavy atom. The maximum atomic E-state index is 13.0. The second-order valence-corrected chi connectivity index (χ2v) is 7.93. The molecule has 0 aromatic heterocycles. The number of nitrogens with zero attached hydrogens (tertiary/aromatic N) is 1. The van der Waals surface area contributed by atoms with Crippen LogP contribution in [-0.2, 0) is 23.9 Å². The molecule has 3 rings (SSSR count). The van der Waals surface area contributed by atoms with Gasteiger partial charge in [-0.2, -0.15) is 0 Å². The van der Waals surface area contributed by atoms with Gasteiger partial charge in [-0.3, -0.25) is 9.69 Å². The van der Waals surface area contributed by atoms with Crippen LogP contribution in [0.5, 0.6) is 5.75 Å². The number of hydrogen-bond donors (Lipinski definition) is 1. The van der Waals surface area contributed by atoms with Crippen LogP contribution in [0.15, 0.2) is 46.3 Å². The van der Waals surface area contributed by atoms with E-state index in [0.717, 1.165) is 0 Å². The predicted molar refractivity (Wildman–Crippen MR) is 111 cm³/mol. The molecule has 8 nitrogen and oxygen atoms in total. The number of methoxy groups -OCH3 is 1. The third-order valence-corrected chi connectivity index (χ3v) is 5.98. The van der Waals surface area contributed by atoms with Crippen LogP contribution in [0.3, 0.4) is 0 Å². The molecule has 0 unspecified atom stereocenters. The Balaban J connectivity index is 2.30. The molecule has 160 valence electrons. The summed E-state index contributed by atoms with van der Waals surface area (Å²) in [5.41, 5.74) is 7.15. The first kappa shape index (κ1) is 21.8. The van der Waals surface area contributed by atoms with Crippen molar-refractivity contribution < 1.29 is 28.6 Å². The van der Waals surface area contributed by atoms with Gasteiger partial charge in [0.1, 0.15) is 11.6 Å². The maximum Gasteiger partial charge on any atom is 0.338 e. The van der Waals surface area contributed by atoms with Gasteiger partial charge in [0.25, 0.3) is 0 Å². The first-order valence-electron chi connectivity index (χ1n) is 9.58. The molecule has 30 heavy (non-hydrogen) atoms. The fourth-order valence-electron chi connectivity index (χ4n) is 3.50. The first-order chi connectivity index (χ1) is 14.3. The summed E-state index contributed by atoms with van der Waals surface area (Å²) >= 11 is 1.22. The van der Waals surface area contributed by atoms with Crippen LogP contribution in [0.1, 0.15) is 32.3 Å². The van der Waals surface area contributed by atoms with Gasteiger partial charge in [-0.1, -0.05) is 23.9 Å². The fourth-order valence-corrected chi connectivity index (χ4v) is 4.66. The van der Waals surface area contributed by atoms with Crippen LogP contribution < -0.4 is 10.5 Å². The number of rotatable bonds is 6. The largest absolute Gasteiger partial charge is 0.497 e. The number of fused-ring (bicyclic) bond motifs is 1. The highest BCUT2D eigenvalue weighted by atomic mass is 32.2. The first-order valence-corrected chi connectivity index (χ1v) is 10.5. The van der Waals surface area contributed by atoms with Crippen molar-refractivity contribution in [2.75, 3.05) is 20.3 Å². The van der Waals surface area contributed by atoms with Crippen LogP contribution >= 0.6 is 11.8 Å². The Bertz CT molecular complexity index is 955. The summed E-state index contributed by atoms with van der Waals surface area (Å²) in [5.74, 6) is -1.97. The van der Waals surface area contributed by atoms with Gasteiger partial charge in [-0.05, 0) is 38.5 Å². The summed E-state index contributed by atoms with van der Waals surface area (Å²) in [5, 5.41) is -0.0835. The second kappa shape index (κ2) is 8.83. The third-order valence-electron chi connectivity index (χ3n) is 4.80. The highest BCUT2D eigenvalue weighted by Gasteiger charge is 2.49. The van der Waals surface area contributed by atoms with E-state index in [0.29, 0.717) is 16.3 Å². The number of carbonyl (C=O) groups is 3. The normalized spacial score (nSPS) is 20.9. The van der Waals surface area contributed by atoms with Crippen LogP contribution in [0.2, 0.25) is 0 Å². The van der Waals surface area contributed by atoms with Gasteiger partial charge in [-0.25, -0.2) is 9.59 Å². The number of ether oxygens (including phenoxy) is 3. The standard InChI is InChI=1S/C21H24N2O6S/c1-5-28-20(25)15-14(12-8-7-9-13(10-12)27-4)16(21(26)29-6-2)19-23(17(15)22)18(24)11(3)30-19/h7-11,14H,5-6,22H2,1-4H3/t11-,14+/m0/s1. The lowest BCUT2D eigenvalue weighted by Gasteiger charge is -2.33. The van der Waals surface area contributed by atoms with E-state index >= 15 is 0 Å². The number of nitrogens with two attached hydrogens (primary N) is 1. The van der Waals surface area contributed by atoms with Crippen molar-refractivity contribution in [3.8, 4) is 5.75 Å². The average Bonchev–Trinajstić information content (AvgIpc) is 3.02. The number of carbonyl (C=O) groups excluding carboxylic acids is 3. The molecule has 1 fully saturated rings. The van der Waals surface area contributed by atoms with E-state index in [-0.39, 0.29) is 36.1 Å². The van der Waals surface area contributed by atoms with E-state index in [9.17, 15) is 14.4 Å². The Morgan fingerprint density at radius 1 is 1.13 bits per heavy atom. The highest BCUT2D eigenvalue weighted by molar-refractivity contribution is 8.04. The second-order valence-electron chi connectivity index (χ2n) is 6.60. The van der Waals surface area contributed by atoms with E-state index < -0.39 is 23.1 Å². The lowest BCUT2D eigenvalue weighted by Crippen LogP contribution is -2.40. The number of esters is 2. The van der Waals surface area contributed by atoms with E-state index in [1.807, 2.05) is 0 Å². The van der Waals surface area contributed by atoms with Crippen LogP contribution in [0.4, 0.5) is 0 Å². The molecule has 2 aliphatic rings. The Kier molecular flexibility index (Phi) is 6.40. The molecule has 2 aliphatic heterocycles. The van der Waals surface area contributed by atoms with Crippen molar-refractivity contribution in [3.63, 3.8) is 0 Å². The van der Waals surface area contributed by atoms with Crippen LogP contribution in [0.25, 0.3) is 0 Å². The molecular formula is C21H24N2O6S. The van der Waals surface area contributed by atoms with Gasteiger partial charge in [-0.15, -0.1) is 0 Å². The molecule has 0 bridgehead atoms. The maximum absolute atomic E-state index is 13.0. The summed E-state index contributed by atoms with van der Waals surface area (Å²) in [6.45, 7) is 5.34. The Hall–Kier alpha value is -2.94. The van der Waals surface area contributed by atoms with Gasteiger partial charge in [0.15, 0.2) is 0 Å². The van der Waals surface area contributed by atoms with E-state index in [1.54, 1.807) is 45.0 Å². The molecule has 2 atom stereocenters. The number of thioether (sulfide) groups is 1. The molecule has 0 radical (unpaired) electrons. The quantitative estimate of drug-likeness (QED) is 0.682. The molecule has 9 heteroatoms. The number of benzene rings is 1. The third kappa shape index (κ3) is 3.65. The molecular weight excluding hydrogens is 408 g/mol. The molecule has 0 spiro atoms. The topological polar surface area (TPSA) is 108 Å². The number of hydrogen-bond acceptors (Lipinski definition) is 8. The zero-order valence-corrected chi connectivity index (χ0v) is 18.1. The monoisotopic (exact) mass is 432 g/mol. The zero-order chi connectivity index (χ0) is 22.0. The summed E-state index contributed by atoms with van der Waals surface area (Å²) in [7, 11) is 1.52. The van der Waals surface area contributed by atoms with E-state index in [4.69, 9.17) is 19.9 Å². The SMILES string of the molecule is CCOC(=O)C1=C(N)N2C(=O)[C@H](C)SC2=C(C(=O)OCC)[C@@H]1c1cccc(OC)c1. The van der Waals surface area contributed by atoms with Gasteiger partial charge >= 0.3 is 11.9 Å². The molecule has 2 heterocycles. The summed E-state index contributed by atoms with van der Waals surface area (Å²) in [6.07, 6.45) is 0. The fraction of sp³-hybridized carbons (Fsp3) is 0.381. The van der Waals surface area contributed by atoms with Crippen molar-refractivity contribution >= 4 is 29.6 Å². The lowest BCUT2D eigenvalue weighted by atomic mass is 9.82. The van der Waals surface area contributed by atoms with Crippen LogP contribution in [0, 0.1) is 0 Å². The average molecular weight is 432 g/mol. The smallest absolute Gasteiger partial charge is 0.338 e. The minimum Gasteiger partial charge on any atom is -0.497 e. The van der Waals surface area contributed by atoms with Gasteiger partial charge in [0, 0.05) is 0 Å². The van der Waals surface area contributed by atoms with Crippen LogP contribution in [-0.4, -0.2) is 48.3 Å². The van der Waals surface area contributed by atoms with Gasteiger partial charge in [0.2, 0.25) is 5.91 Å². The predicted octanol–water partition coefficient (Wildman–Crippen LogP) is 2.26. The molecule has 0 aliphatic carbocycles. The molecule has 0 saturated carbocycles. The Morgan fingerprint density at radius 3 is 2.37 bits per heavy atom. The van der Waals surface area contributed by atoms with Crippen molar-refractivity contribution in [1.29, 1.82) is 0 Å². The molecule has 1 amide bonds. The van der Waals surface area contributed by atoms with Crippen molar-refractivity contribution in [2.24, 2.45) is 5.73 Å². The Labute approximate surface area is 179 Å². The molecule has 1 aromatic rings. The summed E-state index contributed by atoms with van der Waals surface area (Å²) in [6, 6.07) is 6.99. The van der Waals surface area contributed by atoms with E-state index in [1.165, 1.54) is 23.8 Å². The number of amides is 1. The molecule has 2 N–H and O–H groups in total. The minimum atomic E-state index is -0.866. The van der Waals surface area contributed by atoms with Crippen molar-refractivity contribution in [1.82, 2.24) is 4.90 Å². The van der Waals surface area contributed by atoms with Gasteiger partial charge < -0.3 is 19.9 Å². The minimum absolute atomic E-state index is 0.0277. The zero-order valence-electron chi connectivity index (χ0n) is 17.3. The summed E-state index contributed by atoms with van der Waals surface area (Å²) in [4.78, 5) is 40.0. The van der Waals surface area contributed by atoms with E-state index in [2.05, 4.69) is 0 Å². The van der Waals surface area contributed by atoms with Crippen molar-refractivity contribution in [3.05, 3.63) is 51.8 Å². The highest BCUT2D eigenvalue weighted by Crippen LogP contribution is 2.50. The van der Waals surface area contributed by atoms with Crippen molar-refractivity contribution in [2.45, 2.75) is 31.9 Å². The van der Waals surface area contributed by atoms with Gasteiger partial charge in [0.05, 0.1) is 47.7 Å². The molecule has 1 aromatic carbocycles. The lowest BCUT2D eigenvalue weighted by molar-refractivity contribution is -0.139. The summed E-state index contributed by atoms with van der Waals surface area (Å²) < 4.78 is 15.8.